The molecule has 3 rings (SSSR count). The van der Waals surface area contributed by atoms with Gasteiger partial charge < -0.3 is 5.32 Å². The lowest BCUT2D eigenvalue weighted by Gasteiger charge is -2.18. The van der Waals surface area contributed by atoms with E-state index in [4.69, 9.17) is 11.6 Å². The van der Waals surface area contributed by atoms with Gasteiger partial charge in [-0.1, -0.05) is 41.9 Å². The van der Waals surface area contributed by atoms with Gasteiger partial charge in [0, 0.05) is 13.0 Å². The Labute approximate surface area is 152 Å². The second kappa shape index (κ2) is 7.45. The van der Waals surface area contributed by atoms with Gasteiger partial charge in [-0.25, -0.2) is 8.42 Å². The molecule has 1 N–H and O–H groups in total. The first kappa shape index (κ1) is 17.8. The van der Waals surface area contributed by atoms with E-state index in [0.717, 1.165) is 5.56 Å². The molecule has 1 aliphatic heterocycles. The van der Waals surface area contributed by atoms with Gasteiger partial charge in [0.1, 0.15) is 0 Å². The topological polar surface area (TPSA) is 66.5 Å². The number of halogens is 1. The molecule has 132 valence electrons. The van der Waals surface area contributed by atoms with Crippen molar-refractivity contribution in [1.82, 2.24) is 0 Å². The summed E-state index contributed by atoms with van der Waals surface area (Å²) in [7, 11) is -3.24. The van der Waals surface area contributed by atoms with E-state index >= 15 is 0 Å². The van der Waals surface area contributed by atoms with Gasteiger partial charge in [-0.15, -0.1) is 0 Å². The average Bonchev–Trinajstić information content (AvgIpc) is 2.95. The quantitative estimate of drug-likeness (QED) is 0.866. The molecule has 0 spiro atoms. The summed E-state index contributed by atoms with van der Waals surface area (Å²) in [6.45, 7) is 0.460. The third-order valence-corrected chi connectivity index (χ3v) is 6.28. The molecular formula is C18H19ClN2O3S. The van der Waals surface area contributed by atoms with Crippen LogP contribution >= 0.6 is 11.6 Å². The predicted molar refractivity (Wildman–Crippen MR) is 101 cm³/mol. The van der Waals surface area contributed by atoms with Crippen molar-refractivity contribution in [2.24, 2.45) is 0 Å². The first-order valence-corrected chi connectivity index (χ1v) is 10.1. The van der Waals surface area contributed by atoms with Crippen molar-refractivity contribution in [3.8, 4) is 0 Å². The van der Waals surface area contributed by atoms with Crippen LogP contribution in [0.5, 0.6) is 0 Å². The predicted octanol–water partition coefficient (Wildman–Crippen LogP) is 3.45. The number of nitrogens with one attached hydrogen (secondary N) is 1. The Morgan fingerprint density at radius 3 is 2.56 bits per heavy atom. The summed E-state index contributed by atoms with van der Waals surface area (Å²) in [5, 5.41) is 3.11. The van der Waals surface area contributed by atoms with Crippen LogP contribution < -0.4 is 9.62 Å². The second-order valence-electron chi connectivity index (χ2n) is 5.94. The molecule has 0 aromatic heterocycles. The van der Waals surface area contributed by atoms with Gasteiger partial charge in [-0.2, -0.15) is 0 Å². The number of anilines is 2. The third kappa shape index (κ3) is 4.32. The summed E-state index contributed by atoms with van der Waals surface area (Å²) in [6, 6.07) is 14.7. The maximum absolute atomic E-state index is 12.1. The van der Waals surface area contributed by atoms with Crippen LogP contribution in [0.2, 0.25) is 5.02 Å². The molecule has 0 unspecified atom stereocenters. The molecule has 0 bridgehead atoms. The summed E-state index contributed by atoms with van der Waals surface area (Å²) < 4.78 is 25.3. The minimum absolute atomic E-state index is 0.132. The molecule has 0 radical (unpaired) electrons. The Morgan fingerprint density at radius 1 is 1.16 bits per heavy atom. The van der Waals surface area contributed by atoms with Gasteiger partial charge in [0.25, 0.3) is 0 Å². The number of hydrogen-bond donors (Lipinski definition) is 1. The molecule has 1 aliphatic rings. The first-order chi connectivity index (χ1) is 12.0. The molecule has 2 aromatic rings. The third-order valence-electron chi connectivity index (χ3n) is 4.10. The highest BCUT2D eigenvalue weighted by molar-refractivity contribution is 7.93. The Hall–Kier alpha value is -2.05. The minimum atomic E-state index is -3.24. The zero-order valence-electron chi connectivity index (χ0n) is 13.6. The van der Waals surface area contributed by atoms with Gasteiger partial charge >= 0.3 is 0 Å². The number of carbonyl (C=O) groups is 1. The Kier molecular flexibility index (Phi) is 5.30. The highest BCUT2D eigenvalue weighted by Crippen LogP contribution is 2.31. The summed E-state index contributed by atoms with van der Waals surface area (Å²) >= 11 is 6.23. The van der Waals surface area contributed by atoms with Crippen LogP contribution in [0.1, 0.15) is 18.4 Å². The monoisotopic (exact) mass is 378 g/mol. The maximum atomic E-state index is 12.1. The lowest BCUT2D eigenvalue weighted by atomic mass is 10.1. The molecule has 7 heteroatoms. The number of aryl methyl sites for hydroxylation is 1. The standard InChI is InChI=1S/C18H19ClN2O3S/c19-16-13-15(21-11-4-12-25(21,23)24)8-9-17(16)20-18(22)10-7-14-5-2-1-3-6-14/h1-3,5-6,8-9,13H,4,7,10-12H2,(H,20,22). The maximum Gasteiger partial charge on any atom is 0.235 e. The highest BCUT2D eigenvalue weighted by Gasteiger charge is 2.28. The van der Waals surface area contributed by atoms with E-state index in [-0.39, 0.29) is 11.7 Å². The Balaban J connectivity index is 1.64. The number of sulfonamides is 1. The molecule has 0 atom stereocenters. The number of hydrogen-bond acceptors (Lipinski definition) is 3. The average molecular weight is 379 g/mol. The Morgan fingerprint density at radius 2 is 1.92 bits per heavy atom. The van der Waals surface area contributed by atoms with E-state index in [9.17, 15) is 13.2 Å². The molecule has 25 heavy (non-hydrogen) atoms. The highest BCUT2D eigenvalue weighted by atomic mass is 35.5. The fourth-order valence-electron chi connectivity index (χ4n) is 2.81. The van der Waals surface area contributed by atoms with Crippen LogP contribution in [0.15, 0.2) is 48.5 Å². The van der Waals surface area contributed by atoms with E-state index in [1.165, 1.54) is 4.31 Å². The molecule has 0 aliphatic carbocycles. The lowest BCUT2D eigenvalue weighted by Crippen LogP contribution is -2.25. The SMILES string of the molecule is O=C(CCc1ccccc1)Nc1ccc(N2CCCS2(=O)=O)cc1Cl. The van der Waals surface area contributed by atoms with E-state index in [2.05, 4.69) is 5.32 Å². The fraction of sp³-hybridized carbons (Fsp3) is 0.278. The molecule has 1 saturated heterocycles. The molecule has 1 fully saturated rings. The zero-order valence-corrected chi connectivity index (χ0v) is 15.2. The van der Waals surface area contributed by atoms with Crippen molar-refractivity contribution in [1.29, 1.82) is 0 Å². The van der Waals surface area contributed by atoms with E-state index in [1.807, 2.05) is 30.3 Å². The first-order valence-electron chi connectivity index (χ1n) is 8.09. The normalized spacial score (nSPS) is 16.0. The number of rotatable bonds is 5. The summed E-state index contributed by atoms with van der Waals surface area (Å²) in [6.07, 6.45) is 1.61. The fourth-order valence-corrected chi connectivity index (χ4v) is 4.58. The summed E-state index contributed by atoms with van der Waals surface area (Å²) in [5.74, 6) is 0.0232. The van der Waals surface area contributed by atoms with Gasteiger partial charge in [-0.3, -0.25) is 9.10 Å². The molecule has 2 aromatic carbocycles. The van der Waals surface area contributed by atoms with Gasteiger partial charge in [0.2, 0.25) is 15.9 Å². The summed E-state index contributed by atoms with van der Waals surface area (Å²) in [5.41, 5.74) is 2.11. The summed E-state index contributed by atoms with van der Waals surface area (Å²) in [4.78, 5) is 12.1. The molecule has 0 saturated carbocycles. The van der Waals surface area contributed by atoms with Crippen molar-refractivity contribution in [2.75, 3.05) is 21.9 Å². The van der Waals surface area contributed by atoms with E-state index in [0.29, 0.717) is 42.2 Å². The molecule has 1 amide bonds. The number of carbonyl (C=O) groups excluding carboxylic acids is 1. The van der Waals surface area contributed by atoms with Gasteiger partial charge in [0.15, 0.2) is 0 Å². The lowest BCUT2D eigenvalue weighted by molar-refractivity contribution is -0.116. The van der Waals surface area contributed by atoms with Crippen molar-refractivity contribution in [3.05, 3.63) is 59.1 Å². The van der Waals surface area contributed by atoms with Crippen molar-refractivity contribution in [2.45, 2.75) is 19.3 Å². The number of nitrogens with zero attached hydrogens (tertiary/aromatic N) is 1. The zero-order chi connectivity index (χ0) is 17.9. The van der Waals surface area contributed by atoms with Crippen molar-refractivity contribution < 1.29 is 13.2 Å². The van der Waals surface area contributed by atoms with Crippen LogP contribution in [0.4, 0.5) is 11.4 Å². The van der Waals surface area contributed by atoms with Gasteiger partial charge in [-0.05, 0) is 36.6 Å². The van der Waals surface area contributed by atoms with Crippen molar-refractivity contribution >= 4 is 38.9 Å². The molecule has 5 nitrogen and oxygen atoms in total. The van der Waals surface area contributed by atoms with Crippen LogP contribution in [-0.2, 0) is 21.2 Å². The largest absolute Gasteiger partial charge is 0.325 e. The van der Waals surface area contributed by atoms with E-state index in [1.54, 1.807) is 18.2 Å². The number of amides is 1. The van der Waals surface area contributed by atoms with Crippen LogP contribution in [0, 0.1) is 0 Å². The van der Waals surface area contributed by atoms with Crippen LogP contribution in [0.25, 0.3) is 0 Å². The van der Waals surface area contributed by atoms with Crippen LogP contribution in [-0.4, -0.2) is 26.6 Å². The Bertz CT molecular complexity index is 869. The number of benzene rings is 2. The van der Waals surface area contributed by atoms with Crippen molar-refractivity contribution in [3.63, 3.8) is 0 Å². The minimum Gasteiger partial charge on any atom is -0.325 e. The smallest absolute Gasteiger partial charge is 0.235 e. The van der Waals surface area contributed by atoms with Crippen LogP contribution in [0.3, 0.4) is 0 Å². The van der Waals surface area contributed by atoms with E-state index < -0.39 is 10.0 Å². The molecular weight excluding hydrogens is 360 g/mol. The second-order valence-corrected chi connectivity index (χ2v) is 8.36. The van der Waals surface area contributed by atoms with Gasteiger partial charge in [0.05, 0.1) is 22.2 Å². The molecule has 1 heterocycles.